The number of aromatic nitrogens is 2. The monoisotopic (exact) mass is 539 g/mol. The number of amides is 1. The minimum Gasteiger partial charge on any atom is -0.459 e. The van der Waals surface area contributed by atoms with E-state index >= 15 is 0 Å². The molecule has 8 heteroatoms. The molecule has 5 rings (SSSR count). The lowest BCUT2D eigenvalue weighted by Gasteiger charge is -2.29. The standard InChI is InChI=1S/C32H33N3O5/c1-22-30(32(38)35(34(22)2)27-11-7-4-8-12-27)26-17-28(31(37)33-19-23-9-5-3-6-10-23)40-29(18-26)39-21-25-15-13-24(20-36)14-16-25/h3-17,26,29,36H,18-21H2,1-2H3,(H,33,37). The summed E-state index contributed by atoms with van der Waals surface area (Å²) in [5.74, 6) is -0.634. The number of carbonyl (C=O) groups excluding carboxylic acids is 1. The molecule has 1 aliphatic heterocycles. The van der Waals surface area contributed by atoms with E-state index in [1.807, 2.05) is 104 Å². The highest BCUT2D eigenvalue weighted by atomic mass is 16.7. The fourth-order valence-electron chi connectivity index (χ4n) is 4.93. The second-order valence-corrected chi connectivity index (χ2v) is 9.85. The van der Waals surface area contributed by atoms with Crippen molar-refractivity contribution in [3.63, 3.8) is 0 Å². The van der Waals surface area contributed by atoms with Gasteiger partial charge in [-0.25, -0.2) is 4.68 Å². The van der Waals surface area contributed by atoms with E-state index in [1.165, 1.54) is 0 Å². The molecule has 0 spiro atoms. The van der Waals surface area contributed by atoms with Crippen molar-refractivity contribution in [2.24, 2.45) is 7.05 Å². The molecule has 0 fully saturated rings. The van der Waals surface area contributed by atoms with Crippen LogP contribution in [0.15, 0.2) is 102 Å². The molecule has 1 aliphatic rings. The van der Waals surface area contributed by atoms with Crippen LogP contribution in [0, 0.1) is 6.92 Å². The molecule has 40 heavy (non-hydrogen) atoms. The summed E-state index contributed by atoms with van der Waals surface area (Å²) in [6.45, 7) is 2.48. The van der Waals surface area contributed by atoms with Crippen LogP contribution in [0.5, 0.6) is 0 Å². The molecule has 0 saturated carbocycles. The van der Waals surface area contributed by atoms with Gasteiger partial charge in [0, 0.05) is 37.2 Å². The van der Waals surface area contributed by atoms with E-state index in [0.29, 0.717) is 18.5 Å². The number of para-hydroxylation sites is 1. The van der Waals surface area contributed by atoms with E-state index in [2.05, 4.69) is 5.32 Å². The van der Waals surface area contributed by atoms with Crippen LogP contribution in [-0.4, -0.2) is 26.7 Å². The van der Waals surface area contributed by atoms with E-state index in [0.717, 1.165) is 28.1 Å². The van der Waals surface area contributed by atoms with Crippen LogP contribution in [0.2, 0.25) is 0 Å². The predicted molar refractivity (Wildman–Crippen MR) is 152 cm³/mol. The summed E-state index contributed by atoms with van der Waals surface area (Å²) in [6.07, 6.45) is 1.36. The van der Waals surface area contributed by atoms with Crippen molar-refractivity contribution < 1.29 is 19.4 Å². The Kier molecular flexibility index (Phi) is 8.28. The molecule has 8 nitrogen and oxygen atoms in total. The smallest absolute Gasteiger partial charge is 0.286 e. The summed E-state index contributed by atoms with van der Waals surface area (Å²) in [4.78, 5) is 27.0. The third kappa shape index (κ3) is 5.93. The number of hydrogen-bond donors (Lipinski definition) is 2. The molecule has 3 aromatic carbocycles. The fourth-order valence-corrected chi connectivity index (χ4v) is 4.93. The van der Waals surface area contributed by atoms with Gasteiger partial charge in [-0.1, -0.05) is 72.8 Å². The van der Waals surface area contributed by atoms with Crippen molar-refractivity contribution in [1.29, 1.82) is 0 Å². The number of nitrogens with zero attached hydrogens (tertiary/aromatic N) is 2. The van der Waals surface area contributed by atoms with Gasteiger partial charge in [-0.05, 0) is 41.8 Å². The third-order valence-electron chi connectivity index (χ3n) is 7.19. The van der Waals surface area contributed by atoms with Crippen molar-refractivity contribution >= 4 is 5.91 Å². The topological polar surface area (TPSA) is 94.7 Å². The molecule has 1 amide bonds. The average molecular weight is 540 g/mol. The summed E-state index contributed by atoms with van der Waals surface area (Å²) < 4.78 is 15.6. The van der Waals surface area contributed by atoms with Gasteiger partial charge in [0.25, 0.3) is 11.5 Å². The minimum atomic E-state index is -0.742. The van der Waals surface area contributed by atoms with Gasteiger partial charge in [-0.15, -0.1) is 0 Å². The van der Waals surface area contributed by atoms with E-state index in [4.69, 9.17) is 9.47 Å². The van der Waals surface area contributed by atoms with Crippen LogP contribution < -0.4 is 10.9 Å². The van der Waals surface area contributed by atoms with Gasteiger partial charge in [0.2, 0.25) is 6.29 Å². The zero-order valence-electron chi connectivity index (χ0n) is 22.6. The second-order valence-electron chi connectivity index (χ2n) is 9.85. The molecule has 0 radical (unpaired) electrons. The van der Waals surface area contributed by atoms with Crippen LogP contribution in [-0.2, 0) is 41.1 Å². The van der Waals surface area contributed by atoms with Crippen LogP contribution >= 0.6 is 0 Å². The SMILES string of the molecule is Cc1c(C2C=C(C(=O)NCc3ccccc3)OC(OCc3ccc(CO)cc3)C2)c(=O)n(-c2ccccc2)n1C. The highest BCUT2D eigenvalue weighted by molar-refractivity contribution is 5.91. The zero-order valence-corrected chi connectivity index (χ0v) is 22.6. The van der Waals surface area contributed by atoms with Gasteiger partial charge >= 0.3 is 0 Å². The molecule has 2 atom stereocenters. The van der Waals surface area contributed by atoms with Crippen molar-refractivity contribution in [3.8, 4) is 5.69 Å². The molecule has 0 saturated heterocycles. The zero-order chi connectivity index (χ0) is 28.1. The van der Waals surface area contributed by atoms with Crippen LogP contribution in [0.25, 0.3) is 5.69 Å². The third-order valence-corrected chi connectivity index (χ3v) is 7.19. The Morgan fingerprint density at radius 2 is 1.62 bits per heavy atom. The van der Waals surface area contributed by atoms with E-state index in [1.54, 1.807) is 10.8 Å². The first-order chi connectivity index (χ1) is 19.4. The van der Waals surface area contributed by atoms with Crippen LogP contribution in [0.3, 0.4) is 0 Å². The largest absolute Gasteiger partial charge is 0.459 e. The minimum absolute atomic E-state index is 0.0300. The molecular weight excluding hydrogens is 506 g/mol. The van der Waals surface area contributed by atoms with Gasteiger partial charge in [0.05, 0.1) is 18.9 Å². The molecule has 4 aromatic rings. The van der Waals surface area contributed by atoms with E-state index in [-0.39, 0.29) is 30.4 Å². The maximum absolute atomic E-state index is 13.8. The first-order valence-corrected chi connectivity index (χ1v) is 13.3. The number of rotatable bonds is 9. The van der Waals surface area contributed by atoms with E-state index < -0.39 is 12.2 Å². The van der Waals surface area contributed by atoms with Crippen molar-refractivity contribution in [3.05, 3.63) is 135 Å². The number of carbonyl (C=O) groups is 1. The predicted octanol–water partition coefficient (Wildman–Crippen LogP) is 4.22. The lowest BCUT2D eigenvalue weighted by molar-refractivity contribution is -0.150. The van der Waals surface area contributed by atoms with Gasteiger partial charge in [-0.2, -0.15) is 0 Å². The fraction of sp³-hybridized carbons (Fsp3) is 0.250. The summed E-state index contributed by atoms with van der Waals surface area (Å²) in [5, 5.41) is 12.2. The molecule has 206 valence electrons. The highest BCUT2D eigenvalue weighted by Crippen LogP contribution is 2.32. The van der Waals surface area contributed by atoms with Gasteiger partial charge < -0.3 is 19.9 Å². The lowest BCUT2D eigenvalue weighted by atomic mass is 9.93. The average Bonchev–Trinajstić information content (AvgIpc) is 3.22. The second kappa shape index (κ2) is 12.2. The molecule has 0 aliphatic carbocycles. The molecule has 2 N–H and O–H groups in total. The summed E-state index contributed by atoms with van der Waals surface area (Å²) >= 11 is 0. The summed E-state index contributed by atoms with van der Waals surface area (Å²) in [7, 11) is 1.85. The number of aliphatic hydroxyl groups is 1. The van der Waals surface area contributed by atoms with E-state index in [9.17, 15) is 14.7 Å². The number of ether oxygens (including phenoxy) is 2. The Morgan fingerprint density at radius 1 is 0.975 bits per heavy atom. The number of nitrogens with one attached hydrogen (secondary N) is 1. The van der Waals surface area contributed by atoms with Crippen LogP contribution in [0.4, 0.5) is 0 Å². The van der Waals surface area contributed by atoms with Crippen molar-refractivity contribution in [2.45, 2.75) is 45.3 Å². The summed E-state index contributed by atoms with van der Waals surface area (Å²) in [6, 6.07) is 26.6. The Hall–Kier alpha value is -4.40. The molecule has 1 aromatic heterocycles. The molecule has 0 bridgehead atoms. The number of allylic oxidation sites excluding steroid dienone is 1. The van der Waals surface area contributed by atoms with Gasteiger partial charge in [0.15, 0.2) is 5.76 Å². The highest BCUT2D eigenvalue weighted by Gasteiger charge is 2.33. The Labute approximate surface area is 233 Å². The first kappa shape index (κ1) is 27.2. The Bertz CT molecular complexity index is 1540. The maximum atomic E-state index is 13.8. The number of hydrogen-bond acceptors (Lipinski definition) is 5. The first-order valence-electron chi connectivity index (χ1n) is 13.3. The summed E-state index contributed by atoms with van der Waals surface area (Å²) in [5.41, 5.74) is 4.71. The lowest BCUT2D eigenvalue weighted by Crippen LogP contribution is -2.33. The Morgan fingerprint density at radius 3 is 2.30 bits per heavy atom. The quantitative estimate of drug-likeness (QED) is 0.332. The normalized spacial score (nSPS) is 16.7. The number of benzene rings is 3. The molecule has 2 heterocycles. The van der Waals surface area contributed by atoms with Crippen molar-refractivity contribution in [1.82, 2.24) is 14.7 Å². The Balaban J connectivity index is 1.43. The maximum Gasteiger partial charge on any atom is 0.286 e. The van der Waals surface area contributed by atoms with Gasteiger partial charge in [0.1, 0.15) is 0 Å². The van der Waals surface area contributed by atoms with Gasteiger partial charge in [-0.3, -0.25) is 14.3 Å². The van der Waals surface area contributed by atoms with Crippen molar-refractivity contribution in [2.75, 3.05) is 0 Å². The van der Waals surface area contributed by atoms with Crippen LogP contribution in [0.1, 0.15) is 40.3 Å². The number of aliphatic hydroxyl groups excluding tert-OH is 1. The molecule has 2 unspecified atom stereocenters. The molecular formula is C32H33N3O5.